The standard InChI is InChI=1S/C41H40BN2OSi/c1-2-3-16-30-45-36-22-17-27-39(32-36)46(37-23-12-6-13-24-37,38-25-14-7-15-26-38)33-44-29-28-43-41(44)42-40(35-20-10-5-11-21-35)31-34-18-8-4-9-19-34/h4-15,17-29,31-32H,2-3,16,30,33H2,1H3. The van der Waals surface area contributed by atoms with E-state index in [2.05, 4.69) is 177 Å². The normalized spacial score (nSPS) is 11.7. The second-order valence-electron chi connectivity index (χ2n) is 11.7. The van der Waals surface area contributed by atoms with E-state index in [0.717, 1.165) is 47.3 Å². The molecule has 6 aromatic rings. The number of nitrogens with zero attached hydrogens (tertiary/aromatic N) is 2. The number of hydrogen-bond donors (Lipinski definition) is 0. The first-order valence-electron chi connectivity index (χ1n) is 16.3. The first kappa shape index (κ1) is 31.1. The number of ether oxygens (including phenoxy) is 1. The Morgan fingerprint density at radius 2 is 1.33 bits per heavy atom. The molecule has 0 N–H and O–H groups in total. The lowest BCUT2D eigenvalue weighted by Crippen LogP contribution is -2.70. The molecule has 0 saturated carbocycles. The van der Waals surface area contributed by atoms with Crippen molar-refractivity contribution in [2.24, 2.45) is 0 Å². The van der Waals surface area contributed by atoms with Gasteiger partial charge in [-0.3, -0.25) is 4.98 Å². The molecule has 0 saturated heterocycles. The van der Waals surface area contributed by atoms with Gasteiger partial charge in [-0.25, -0.2) is 0 Å². The van der Waals surface area contributed by atoms with Crippen LogP contribution in [0.5, 0.6) is 5.75 Å². The third-order valence-corrected chi connectivity index (χ3v) is 13.3. The zero-order valence-electron chi connectivity index (χ0n) is 26.5. The summed E-state index contributed by atoms with van der Waals surface area (Å²) in [5.41, 5.74) is 4.36. The van der Waals surface area contributed by atoms with Crippen molar-refractivity contribution in [1.82, 2.24) is 9.55 Å². The third kappa shape index (κ3) is 7.33. The minimum atomic E-state index is -2.65. The topological polar surface area (TPSA) is 27.1 Å². The van der Waals surface area contributed by atoms with E-state index in [9.17, 15) is 0 Å². The highest BCUT2D eigenvalue weighted by Crippen LogP contribution is 2.19. The van der Waals surface area contributed by atoms with Crippen molar-refractivity contribution in [3.8, 4) is 5.75 Å². The minimum Gasteiger partial charge on any atom is -0.494 e. The van der Waals surface area contributed by atoms with Gasteiger partial charge < -0.3 is 9.30 Å². The van der Waals surface area contributed by atoms with Crippen molar-refractivity contribution >= 4 is 48.2 Å². The van der Waals surface area contributed by atoms with Crippen molar-refractivity contribution in [3.05, 3.63) is 169 Å². The van der Waals surface area contributed by atoms with E-state index in [1.54, 1.807) is 0 Å². The van der Waals surface area contributed by atoms with Crippen LogP contribution < -0.4 is 26.0 Å². The molecule has 5 aromatic carbocycles. The lowest BCUT2D eigenvalue weighted by atomic mass is 9.65. The van der Waals surface area contributed by atoms with Crippen molar-refractivity contribution in [3.63, 3.8) is 0 Å². The van der Waals surface area contributed by atoms with Crippen molar-refractivity contribution < 1.29 is 4.74 Å². The predicted molar refractivity (Wildman–Crippen MR) is 197 cm³/mol. The molecule has 1 aromatic heterocycles. The van der Waals surface area contributed by atoms with E-state index < -0.39 is 8.07 Å². The number of benzene rings is 5. The summed E-state index contributed by atoms with van der Waals surface area (Å²) < 4.78 is 8.67. The first-order valence-corrected chi connectivity index (χ1v) is 18.5. The highest BCUT2D eigenvalue weighted by molar-refractivity contribution is 7.10. The van der Waals surface area contributed by atoms with Gasteiger partial charge in [-0.2, -0.15) is 0 Å². The van der Waals surface area contributed by atoms with E-state index in [1.807, 2.05) is 6.20 Å². The van der Waals surface area contributed by atoms with E-state index >= 15 is 0 Å². The Labute approximate surface area is 275 Å². The SMILES string of the molecule is CCCCCOc1cccc([Si](Cn2ccnc2[B]C(=Cc2ccccc2)c2ccccc2)(c2ccccc2)c2ccccc2)c1. The highest BCUT2D eigenvalue weighted by Gasteiger charge is 2.40. The van der Waals surface area contributed by atoms with Crippen molar-refractivity contribution in [2.45, 2.75) is 32.4 Å². The molecule has 0 fully saturated rings. The van der Waals surface area contributed by atoms with E-state index in [-0.39, 0.29) is 0 Å². The highest BCUT2D eigenvalue weighted by atomic mass is 28.3. The van der Waals surface area contributed by atoms with Gasteiger partial charge in [0.15, 0.2) is 8.07 Å². The van der Waals surface area contributed by atoms with Gasteiger partial charge in [0.25, 0.3) is 0 Å². The fourth-order valence-electron chi connectivity index (χ4n) is 6.17. The molecule has 0 aliphatic heterocycles. The molecular weight excluding hydrogens is 575 g/mol. The van der Waals surface area contributed by atoms with Crippen LogP contribution in [0.15, 0.2) is 158 Å². The smallest absolute Gasteiger partial charge is 0.241 e. The van der Waals surface area contributed by atoms with Gasteiger partial charge in [-0.05, 0) is 45.2 Å². The molecule has 5 heteroatoms. The fourth-order valence-corrected chi connectivity index (χ4v) is 10.8. The van der Waals surface area contributed by atoms with Gasteiger partial charge in [0.2, 0.25) is 7.28 Å². The maximum Gasteiger partial charge on any atom is 0.241 e. The van der Waals surface area contributed by atoms with Crippen LogP contribution in [0.1, 0.15) is 37.3 Å². The summed E-state index contributed by atoms with van der Waals surface area (Å²) in [4.78, 5) is 4.93. The number of rotatable bonds is 14. The molecule has 0 atom stereocenters. The Balaban J connectivity index is 1.45. The average molecular weight is 616 g/mol. The molecule has 227 valence electrons. The zero-order chi connectivity index (χ0) is 31.4. The van der Waals surface area contributed by atoms with Gasteiger partial charge in [0.1, 0.15) is 5.75 Å². The van der Waals surface area contributed by atoms with Crippen LogP contribution >= 0.6 is 0 Å². The molecule has 0 amide bonds. The second kappa shape index (κ2) is 15.4. The van der Waals surface area contributed by atoms with Crippen LogP contribution in [0.4, 0.5) is 0 Å². The summed E-state index contributed by atoms with van der Waals surface area (Å²) in [5.74, 6) is 0.937. The molecule has 0 aliphatic rings. The summed E-state index contributed by atoms with van der Waals surface area (Å²) in [7, 11) is -0.420. The Morgan fingerprint density at radius 3 is 1.98 bits per heavy atom. The fraction of sp³-hybridized carbons (Fsp3) is 0.146. The minimum absolute atomic E-state index is 0.735. The second-order valence-corrected chi connectivity index (χ2v) is 15.5. The molecule has 6 rings (SSSR count). The summed E-state index contributed by atoms with van der Waals surface area (Å²) in [6.07, 6.45) is 10.5. The Kier molecular flexibility index (Phi) is 10.4. The van der Waals surface area contributed by atoms with E-state index in [4.69, 9.17) is 9.72 Å². The van der Waals surface area contributed by atoms with Gasteiger partial charge in [-0.15, -0.1) is 0 Å². The average Bonchev–Trinajstić information content (AvgIpc) is 3.56. The lowest BCUT2D eigenvalue weighted by Gasteiger charge is -2.35. The van der Waals surface area contributed by atoms with Gasteiger partial charge >= 0.3 is 0 Å². The van der Waals surface area contributed by atoms with Crippen LogP contribution in [0.2, 0.25) is 0 Å². The van der Waals surface area contributed by atoms with Crippen molar-refractivity contribution in [1.29, 1.82) is 0 Å². The van der Waals surface area contributed by atoms with E-state index in [0.29, 0.717) is 0 Å². The van der Waals surface area contributed by atoms with Gasteiger partial charge in [0, 0.05) is 18.6 Å². The first-order chi connectivity index (χ1) is 22.8. The zero-order valence-corrected chi connectivity index (χ0v) is 27.5. The maximum atomic E-state index is 6.32. The molecule has 1 radical (unpaired) electrons. The molecular formula is C41H40BN2OSi. The largest absolute Gasteiger partial charge is 0.494 e. The van der Waals surface area contributed by atoms with Crippen molar-refractivity contribution in [2.75, 3.05) is 6.61 Å². The number of imidazole rings is 1. The summed E-state index contributed by atoms with van der Waals surface area (Å²) in [6.45, 7) is 2.96. The summed E-state index contributed by atoms with van der Waals surface area (Å²) in [6, 6.07) is 52.0. The number of aromatic nitrogens is 2. The monoisotopic (exact) mass is 615 g/mol. The Morgan fingerprint density at radius 1 is 0.717 bits per heavy atom. The Bertz CT molecular complexity index is 1780. The molecule has 0 spiro atoms. The molecule has 3 nitrogen and oxygen atoms in total. The molecule has 46 heavy (non-hydrogen) atoms. The van der Waals surface area contributed by atoms with Crippen LogP contribution in [0.25, 0.3) is 11.5 Å². The van der Waals surface area contributed by atoms with Crippen LogP contribution in [0.3, 0.4) is 0 Å². The van der Waals surface area contributed by atoms with Crippen LogP contribution in [-0.4, -0.2) is 31.5 Å². The maximum absolute atomic E-state index is 6.32. The predicted octanol–water partition coefficient (Wildman–Crippen LogP) is 6.69. The number of unbranched alkanes of at least 4 members (excludes halogenated alkanes) is 2. The van der Waals surface area contributed by atoms with E-state index in [1.165, 1.54) is 28.4 Å². The summed E-state index contributed by atoms with van der Waals surface area (Å²) in [5, 5.41) is 4.03. The molecule has 0 unspecified atom stereocenters. The van der Waals surface area contributed by atoms with Gasteiger partial charge in [-0.1, -0.05) is 165 Å². The van der Waals surface area contributed by atoms with Crippen LogP contribution in [-0.2, 0) is 6.17 Å². The Hall–Kier alpha value is -4.87. The van der Waals surface area contributed by atoms with Crippen LogP contribution in [0, 0.1) is 0 Å². The lowest BCUT2D eigenvalue weighted by molar-refractivity contribution is 0.306. The summed E-state index contributed by atoms with van der Waals surface area (Å²) >= 11 is 0. The number of hydrogen-bond acceptors (Lipinski definition) is 2. The molecule has 0 bridgehead atoms. The molecule has 0 aliphatic carbocycles. The third-order valence-electron chi connectivity index (χ3n) is 8.55. The van der Waals surface area contributed by atoms with Gasteiger partial charge in [0.05, 0.1) is 12.3 Å². The quantitative estimate of drug-likeness (QED) is 0.0591. The molecule has 1 heterocycles.